The van der Waals surface area contributed by atoms with Crippen molar-refractivity contribution in [3.05, 3.63) is 58.5 Å². The Morgan fingerprint density at radius 1 is 0.923 bits per heavy atom. The monoisotopic (exact) mass is 351 g/mol. The summed E-state index contributed by atoms with van der Waals surface area (Å²) in [6.45, 7) is 1.74. The average molecular weight is 351 g/mol. The van der Waals surface area contributed by atoms with Crippen LogP contribution >= 0.6 is 0 Å². The molecule has 0 spiro atoms. The van der Waals surface area contributed by atoms with E-state index in [2.05, 4.69) is 0 Å². The summed E-state index contributed by atoms with van der Waals surface area (Å²) in [5.74, 6) is -1.74. The highest BCUT2D eigenvalue weighted by Crippen LogP contribution is 2.46. The zero-order valence-electron chi connectivity index (χ0n) is 14.3. The molecule has 1 aromatic carbocycles. The minimum absolute atomic E-state index is 0.139. The number of imide groups is 1. The second-order valence-corrected chi connectivity index (χ2v) is 6.92. The van der Waals surface area contributed by atoms with E-state index in [4.69, 9.17) is 4.74 Å². The standard InChI is InChI=1S/C19H17N3O4/c1-10-16(19(25)22(20(10)2)11-6-4-3-5-7-11)21-17(23)14-12-8-9-13(26-12)15(14)18(21)24/h3-9,12-15H,1-2H3/t12-,13-,14-,15+/m1/s1. The van der Waals surface area contributed by atoms with Gasteiger partial charge in [-0.25, -0.2) is 9.58 Å². The molecule has 3 aliphatic rings. The zero-order valence-corrected chi connectivity index (χ0v) is 14.3. The van der Waals surface area contributed by atoms with Gasteiger partial charge in [-0.3, -0.25) is 19.1 Å². The van der Waals surface area contributed by atoms with Gasteiger partial charge in [0.05, 0.1) is 35.4 Å². The number of rotatable bonds is 2. The normalized spacial score (nSPS) is 29.1. The van der Waals surface area contributed by atoms with Gasteiger partial charge >= 0.3 is 0 Å². The Bertz CT molecular complexity index is 1000. The fraction of sp³-hybridized carbons (Fsp3) is 0.316. The van der Waals surface area contributed by atoms with Crippen LogP contribution in [0, 0.1) is 18.8 Å². The lowest BCUT2D eigenvalue weighted by Gasteiger charge is -2.16. The van der Waals surface area contributed by atoms with Crippen LogP contribution in [0.15, 0.2) is 47.3 Å². The first kappa shape index (κ1) is 15.3. The molecule has 1 aromatic heterocycles. The van der Waals surface area contributed by atoms with Crippen molar-refractivity contribution < 1.29 is 14.3 Å². The zero-order chi connectivity index (χ0) is 18.2. The lowest BCUT2D eigenvalue weighted by Crippen LogP contribution is -2.38. The van der Waals surface area contributed by atoms with Crippen LogP contribution in [0.3, 0.4) is 0 Å². The summed E-state index contributed by atoms with van der Waals surface area (Å²) in [6.07, 6.45) is 2.93. The molecular formula is C19H17N3O4. The summed E-state index contributed by atoms with van der Waals surface area (Å²) in [7, 11) is 1.74. The second-order valence-electron chi connectivity index (χ2n) is 6.92. The summed E-state index contributed by atoms with van der Waals surface area (Å²) in [5.41, 5.74) is 1.01. The van der Waals surface area contributed by atoms with Crippen molar-refractivity contribution in [3.63, 3.8) is 0 Å². The summed E-state index contributed by atoms with van der Waals surface area (Å²) >= 11 is 0. The molecule has 0 unspecified atom stereocenters. The van der Waals surface area contributed by atoms with Gasteiger partial charge in [0.1, 0.15) is 5.69 Å². The van der Waals surface area contributed by atoms with Crippen molar-refractivity contribution in [2.24, 2.45) is 18.9 Å². The Morgan fingerprint density at radius 3 is 2.08 bits per heavy atom. The molecule has 5 rings (SSSR count). The van der Waals surface area contributed by atoms with E-state index in [1.165, 1.54) is 4.68 Å². The molecule has 0 radical (unpaired) electrons. The Hall–Kier alpha value is -2.93. The van der Waals surface area contributed by atoms with Crippen LogP contribution in [0.1, 0.15) is 5.69 Å². The molecule has 2 bridgehead atoms. The van der Waals surface area contributed by atoms with Gasteiger partial charge in [0, 0.05) is 7.05 Å². The number of ether oxygens (including phenoxy) is 1. The molecular weight excluding hydrogens is 334 g/mol. The van der Waals surface area contributed by atoms with Crippen molar-refractivity contribution in [2.75, 3.05) is 4.90 Å². The average Bonchev–Trinajstić information content (AvgIpc) is 3.36. The van der Waals surface area contributed by atoms with Crippen LogP contribution in [0.4, 0.5) is 5.69 Å². The van der Waals surface area contributed by atoms with Gasteiger partial charge in [0.15, 0.2) is 0 Å². The van der Waals surface area contributed by atoms with E-state index in [1.807, 2.05) is 42.5 Å². The maximum absolute atomic E-state index is 13.1. The minimum Gasteiger partial charge on any atom is -0.365 e. The molecule has 7 nitrogen and oxygen atoms in total. The fourth-order valence-corrected chi connectivity index (χ4v) is 4.34. The smallest absolute Gasteiger partial charge is 0.296 e. The highest BCUT2D eigenvalue weighted by atomic mass is 16.5. The third-order valence-electron chi connectivity index (χ3n) is 5.66. The number of carbonyl (C=O) groups is 2. The van der Waals surface area contributed by atoms with Gasteiger partial charge in [-0.05, 0) is 19.1 Å². The molecule has 2 saturated heterocycles. The maximum atomic E-state index is 13.1. The summed E-state index contributed by atoms with van der Waals surface area (Å²) in [5, 5.41) is 0. The SMILES string of the molecule is Cc1c(N2C(=O)[C@@H]3[C@H](C2=O)[C@H]2C=C[C@H]3O2)c(=O)n(-c2ccccc2)n1C. The summed E-state index contributed by atoms with van der Waals surface area (Å²) < 4.78 is 8.80. The van der Waals surface area contributed by atoms with Crippen LogP contribution in [-0.2, 0) is 21.4 Å². The third-order valence-corrected chi connectivity index (χ3v) is 5.66. The first-order valence-electron chi connectivity index (χ1n) is 8.56. The lowest BCUT2D eigenvalue weighted by molar-refractivity contribution is -0.124. The Morgan fingerprint density at radius 2 is 1.50 bits per heavy atom. The molecule has 0 saturated carbocycles. The number of aromatic nitrogens is 2. The van der Waals surface area contributed by atoms with Crippen molar-refractivity contribution in [1.82, 2.24) is 9.36 Å². The van der Waals surface area contributed by atoms with Crippen molar-refractivity contribution in [2.45, 2.75) is 19.1 Å². The van der Waals surface area contributed by atoms with Crippen LogP contribution in [0.25, 0.3) is 5.69 Å². The Labute approximate surface area is 149 Å². The molecule has 132 valence electrons. The second kappa shape index (κ2) is 5.04. The van der Waals surface area contributed by atoms with Crippen molar-refractivity contribution in [1.29, 1.82) is 0 Å². The van der Waals surface area contributed by atoms with E-state index in [-0.39, 0.29) is 35.3 Å². The van der Waals surface area contributed by atoms with E-state index in [0.717, 1.165) is 4.90 Å². The predicted octanol–water partition coefficient (Wildman–Crippen LogP) is 0.927. The summed E-state index contributed by atoms with van der Waals surface area (Å²) in [4.78, 5) is 40.2. The molecule has 2 aromatic rings. The number of nitrogens with zero attached hydrogens (tertiary/aromatic N) is 3. The first-order chi connectivity index (χ1) is 12.5. The fourth-order valence-electron chi connectivity index (χ4n) is 4.34. The minimum atomic E-state index is -0.526. The number of hydrogen-bond donors (Lipinski definition) is 0. The number of benzene rings is 1. The molecule has 4 atom stereocenters. The van der Waals surface area contributed by atoms with Crippen LogP contribution < -0.4 is 10.5 Å². The molecule has 2 amide bonds. The van der Waals surface area contributed by atoms with Gasteiger partial charge in [-0.2, -0.15) is 0 Å². The van der Waals surface area contributed by atoms with E-state index in [9.17, 15) is 14.4 Å². The summed E-state index contributed by atoms with van der Waals surface area (Å²) in [6, 6.07) is 9.15. The van der Waals surface area contributed by atoms with E-state index in [1.54, 1.807) is 18.7 Å². The predicted molar refractivity (Wildman–Crippen MR) is 93.0 cm³/mol. The molecule has 2 fully saturated rings. The van der Waals surface area contributed by atoms with Gasteiger partial charge in [0.25, 0.3) is 5.56 Å². The van der Waals surface area contributed by atoms with Crippen LogP contribution in [0.5, 0.6) is 0 Å². The number of para-hydroxylation sites is 1. The van der Waals surface area contributed by atoms with Crippen LogP contribution in [0.2, 0.25) is 0 Å². The van der Waals surface area contributed by atoms with E-state index in [0.29, 0.717) is 11.4 Å². The Kier molecular flexibility index (Phi) is 2.98. The first-order valence-corrected chi connectivity index (χ1v) is 8.56. The highest BCUT2D eigenvalue weighted by molar-refractivity contribution is 6.23. The molecule has 26 heavy (non-hydrogen) atoms. The third kappa shape index (κ3) is 1.73. The number of amides is 2. The quantitative estimate of drug-likeness (QED) is 0.596. The number of carbonyl (C=O) groups excluding carboxylic acids is 2. The largest absolute Gasteiger partial charge is 0.365 e. The number of anilines is 1. The highest BCUT2D eigenvalue weighted by Gasteiger charge is 2.61. The Balaban J connectivity index is 1.66. The van der Waals surface area contributed by atoms with Gasteiger partial charge in [-0.15, -0.1) is 0 Å². The molecule has 4 heterocycles. The van der Waals surface area contributed by atoms with E-state index >= 15 is 0 Å². The topological polar surface area (TPSA) is 73.5 Å². The van der Waals surface area contributed by atoms with Gasteiger partial charge < -0.3 is 4.74 Å². The molecule has 0 aliphatic carbocycles. The van der Waals surface area contributed by atoms with Crippen LogP contribution in [-0.4, -0.2) is 33.4 Å². The van der Waals surface area contributed by atoms with E-state index < -0.39 is 11.8 Å². The lowest BCUT2D eigenvalue weighted by atomic mass is 9.85. The molecule has 3 aliphatic heterocycles. The van der Waals surface area contributed by atoms with Crippen molar-refractivity contribution in [3.8, 4) is 5.69 Å². The molecule has 7 heteroatoms. The number of hydrogen-bond acceptors (Lipinski definition) is 4. The maximum Gasteiger partial charge on any atom is 0.296 e. The van der Waals surface area contributed by atoms with Gasteiger partial charge in [0.2, 0.25) is 11.8 Å². The number of fused-ring (bicyclic) bond motifs is 5. The van der Waals surface area contributed by atoms with Crippen molar-refractivity contribution >= 4 is 17.5 Å². The molecule has 0 N–H and O–H groups in total. The van der Waals surface area contributed by atoms with Gasteiger partial charge in [-0.1, -0.05) is 30.4 Å².